The number of halogens is 1. The number of nitrogens with one attached hydrogen (secondary N) is 1. The summed E-state index contributed by atoms with van der Waals surface area (Å²) in [7, 11) is 2.27. The zero-order valence-corrected chi connectivity index (χ0v) is 43.1. The number of hydrogen-bond donors (Lipinski definition) is 5. The zero-order valence-electron chi connectivity index (χ0n) is 41.6. The van der Waals surface area contributed by atoms with Gasteiger partial charge in [-0.2, -0.15) is 0 Å². The Morgan fingerprint density at radius 3 is 1.80 bits per heavy atom. The molecule has 0 radical (unpaired) electrons. The second-order valence-electron chi connectivity index (χ2n) is 20.8. The van der Waals surface area contributed by atoms with Gasteiger partial charge in [0, 0.05) is 56.0 Å². The maximum Gasteiger partial charge on any atom is 0.488 e. The van der Waals surface area contributed by atoms with Crippen LogP contribution in [0.25, 0.3) is 28.1 Å². The second kappa shape index (κ2) is 18.8. The van der Waals surface area contributed by atoms with Crippen molar-refractivity contribution in [1.29, 1.82) is 0 Å². The van der Waals surface area contributed by atoms with Gasteiger partial charge in [0.2, 0.25) is 23.4 Å². The van der Waals surface area contributed by atoms with Gasteiger partial charge in [0.05, 0.1) is 11.1 Å². The summed E-state index contributed by atoms with van der Waals surface area (Å²) in [4.78, 5) is 25.7. The van der Waals surface area contributed by atoms with Gasteiger partial charge in [-0.25, -0.2) is 29.8 Å². The molecule has 0 bridgehead atoms. The molecule has 376 valence electrons. The van der Waals surface area contributed by atoms with E-state index in [1.54, 1.807) is 23.2 Å². The van der Waals surface area contributed by atoms with Crippen LogP contribution in [-0.4, -0.2) is 69.5 Å². The van der Waals surface area contributed by atoms with E-state index < -0.39 is 24.2 Å². The molecule has 7 N–H and O–H groups in total. The van der Waals surface area contributed by atoms with Gasteiger partial charge in [-0.05, 0) is 143 Å². The molecule has 4 unspecified atom stereocenters. The van der Waals surface area contributed by atoms with Gasteiger partial charge in [-0.3, -0.25) is 0 Å². The molecule has 3 aliphatic carbocycles. The van der Waals surface area contributed by atoms with Crippen molar-refractivity contribution in [1.82, 2.24) is 15.1 Å². The average molecular weight is 1050 g/mol. The van der Waals surface area contributed by atoms with E-state index in [0.29, 0.717) is 30.2 Å². The van der Waals surface area contributed by atoms with Crippen LogP contribution in [0.2, 0.25) is 0 Å². The first-order valence-electron chi connectivity index (χ1n) is 25.5. The van der Waals surface area contributed by atoms with Crippen molar-refractivity contribution in [2.45, 2.75) is 93.3 Å². The van der Waals surface area contributed by atoms with E-state index >= 15 is 0 Å². The van der Waals surface area contributed by atoms with Gasteiger partial charge in [-0.1, -0.05) is 113 Å². The molecule has 6 aromatic carbocycles. The maximum atomic E-state index is 8.89. The highest BCUT2D eigenvalue weighted by Crippen LogP contribution is 2.54. The first-order valence-corrected chi connectivity index (χ1v) is 26.3. The van der Waals surface area contributed by atoms with Crippen LogP contribution in [0, 0.1) is 0 Å². The van der Waals surface area contributed by atoms with E-state index in [4.69, 9.17) is 50.6 Å². The van der Waals surface area contributed by atoms with E-state index in [1.807, 2.05) is 49.7 Å². The number of H-pyrrole nitrogens is 1. The molecule has 4 aliphatic heterocycles. The number of fused-ring (bicyclic) bond motifs is 8. The minimum atomic E-state index is -1.35. The summed E-state index contributed by atoms with van der Waals surface area (Å²) >= 11 is 3.57. The summed E-state index contributed by atoms with van der Waals surface area (Å²) in [5.74, 6) is 2.44. The van der Waals surface area contributed by atoms with Crippen molar-refractivity contribution in [2.24, 2.45) is 21.5 Å². The number of aliphatic imine (C=N–C) groups is 2. The number of benzene rings is 6. The quantitative estimate of drug-likeness (QED) is 0.105. The number of allylic oxidation sites excluding steroid dienone is 1. The van der Waals surface area contributed by atoms with Crippen LogP contribution in [0.3, 0.4) is 0 Å². The molecular weight excluding hydrogens is 993 g/mol. The number of rotatable bonds is 2. The van der Waals surface area contributed by atoms with Crippen molar-refractivity contribution < 1.29 is 29.2 Å². The molecule has 14 rings (SSSR count). The lowest BCUT2D eigenvalue weighted by molar-refractivity contribution is -0.205. The van der Waals surface area contributed by atoms with E-state index in [9.17, 15) is 0 Å². The minimum Gasteiger partial charge on any atom is -0.486 e. The third-order valence-corrected chi connectivity index (χ3v) is 16.3. The predicted octanol–water partition coefficient (Wildman–Crippen LogP) is 9.11. The average Bonchev–Trinajstić information content (AvgIpc) is 4.13. The number of aryl methyl sites for hydroxylation is 2. The Bertz CT molecular complexity index is 3420. The van der Waals surface area contributed by atoms with Gasteiger partial charge in [0.1, 0.15) is 22.7 Å². The molecule has 7 aromatic rings. The number of aromatic amines is 1. The standard InChI is InChI=1S/C29H28N4O2.C21H22BrN3O2.C9H9BO2/c1-33-27(30)32-29(35-33)18-28(13-4-7-19-5-2-3-6-23(19)17-28)34-26-11-10-21(15-24(26)29)22-9-8-20-12-14-31-25(20)16-22;1-25-19(23)24-21(27-25)13-20(26-18-9-8-16(22)11-17(18)21)10-4-7-14-5-2-3-6-15(14)12-20;11-10(12)9-5-4-7-2-1-3-8(7)6-9/h2-3,5-6,8-12,14-16,31H,4,7,13,17-18H2,1H3,(H2,30,32);2-3,5-6,8-9,11H,4,7,10,12-13H2,1H3,(H2,23,24);1-2,4-6,11-12H,3H2. The van der Waals surface area contributed by atoms with Crippen LogP contribution in [-0.2, 0) is 53.2 Å². The largest absolute Gasteiger partial charge is 0.488 e. The molecule has 0 saturated carbocycles. The Balaban J connectivity index is 0.000000126. The highest BCUT2D eigenvalue weighted by atomic mass is 79.9. The third-order valence-electron chi connectivity index (χ3n) is 15.8. The zero-order chi connectivity index (χ0) is 50.8. The fraction of sp³-hybridized carbons (Fsp3) is 0.288. The minimum absolute atomic E-state index is 0.359. The van der Waals surface area contributed by atoms with Gasteiger partial charge in [0.25, 0.3) is 0 Å². The summed E-state index contributed by atoms with van der Waals surface area (Å²) in [5.41, 5.74) is 23.5. The molecular formula is C59H59BBrN7O6. The molecule has 7 aliphatic rings. The van der Waals surface area contributed by atoms with Gasteiger partial charge >= 0.3 is 7.12 Å². The molecule has 4 spiro atoms. The first kappa shape index (κ1) is 48.1. The Morgan fingerprint density at radius 1 is 0.635 bits per heavy atom. The van der Waals surface area contributed by atoms with Crippen molar-refractivity contribution in [3.05, 3.63) is 189 Å². The molecule has 0 fully saturated rings. The predicted molar refractivity (Wildman–Crippen MR) is 293 cm³/mol. The number of nitrogens with zero attached hydrogens (tertiary/aromatic N) is 4. The number of hydroxylamine groups is 4. The molecule has 5 heterocycles. The molecule has 1 aromatic heterocycles. The Labute approximate surface area is 439 Å². The van der Waals surface area contributed by atoms with Crippen molar-refractivity contribution in [3.8, 4) is 22.6 Å². The lowest BCUT2D eigenvalue weighted by Crippen LogP contribution is -2.49. The lowest BCUT2D eigenvalue weighted by atomic mass is 9.78. The number of guanidine groups is 2. The SMILES string of the molecule is CN1OC2(CC3(CCCc4ccccc4C3)Oc3ccc(-c4ccc5cc[nH]c5c4)cc32)N=C1N.CN1OC2(CC3(CCCc4ccccc4C3)Oc3ccc(Br)cc32)N=C1N.OB(O)c1ccc2c(c1)CC=C2. The van der Waals surface area contributed by atoms with E-state index in [0.717, 1.165) is 102 Å². The molecule has 0 saturated heterocycles. The highest BCUT2D eigenvalue weighted by molar-refractivity contribution is 9.10. The van der Waals surface area contributed by atoms with Crippen LogP contribution < -0.4 is 26.4 Å². The van der Waals surface area contributed by atoms with E-state index in [2.05, 4.69) is 118 Å². The fourth-order valence-corrected chi connectivity index (χ4v) is 12.6. The van der Waals surface area contributed by atoms with Crippen molar-refractivity contribution in [3.63, 3.8) is 0 Å². The van der Waals surface area contributed by atoms with E-state index in [1.165, 1.54) is 38.8 Å². The molecule has 4 atom stereocenters. The third kappa shape index (κ3) is 8.93. The van der Waals surface area contributed by atoms with E-state index in [-0.39, 0.29) is 5.60 Å². The first-order chi connectivity index (χ1) is 35.8. The Morgan fingerprint density at radius 2 is 1.20 bits per heavy atom. The summed E-state index contributed by atoms with van der Waals surface area (Å²) in [6, 6.07) is 43.8. The number of aromatic nitrogens is 1. The van der Waals surface area contributed by atoms with Crippen molar-refractivity contribution >= 4 is 57.4 Å². The summed E-state index contributed by atoms with van der Waals surface area (Å²) in [6.07, 6.45) is 16.1. The van der Waals surface area contributed by atoms with Crippen LogP contribution in [0.1, 0.15) is 83.0 Å². The maximum absolute atomic E-state index is 8.89. The van der Waals surface area contributed by atoms with Gasteiger partial charge < -0.3 is 36.0 Å². The molecule has 0 amide bonds. The van der Waals surface area contributed by atoms with Crippen molar-refractivity contribution in [2.75, 3.05) is 14.1 Å². The topological polar surface area (TPSA) is 176 Å². The summed E-state index contributed by atoms with van der Waals surface area (Å²) in [6.45, 7) is 0. The lowest BCUT2D eigenvalue weighted by Gasteiger charge is -2.45. The van der Waals surface area contributed by atoms with Crippen LogP contribution in [0.5, 0.6) is 11.5 Å². The number of hydrogen-bond acceptors (Lipinski definition) is 12. The highest BCUT2D eigenvalue weighted by Gasteiger charge is 2.56. The van der Waals surface area contributed by atoms with Crippen LogP contribution in [0.15, 0.2) is 154 Å². The molecule has 15 heteroatoms. The van der Waals surface area contributed by atoms with Crippen LogP contribution >= 0.6 is 15.9 Å². The van der Waals surface area contributed by atoms with Crippen LogP contribution in [0.4, 0.5) is 0 Å². The second-order valence-corrected chi connectivity index (χ2v) is 21.7. The fourth-order valence-electron chi connectivity index (χ4n) is 12.2. The molecule has 74 heavy (non-hydrogen) atoms. The normalized spacial score (nSPS) is 24.7. The molecule has 13 nitrogen and oxygen atoms in total. The number of ether oxygens (including phenoxy) is 2. The summed E-state index contributed by atoms with van der Waals surface area (Å²) in [5, 5.41) is 22.1. The smallest absolute Gasteiger partial charge is 0.486 e. The van der Waals surface area contributed by atoms with Gasteiger partial charge in [0.15, 0.2) is 0 Å². The Hall–Kier alpha value is -6.88. The van der Waals surface area contributed by atoms with Gasteiger partial charge in [-0.15, -0.1) is 0 Å². The summed E-state index contributed by atoms with van der Waals surface area (Å²) < 4.78 is 14.5. The monoisotopic (exact) mass is 1050 g/mol. The number of nitrogens with two attached hydrogens (primary N) is 2. The Kier molecular flexibility index (Phi) is 12.2.